The van der Waals surface area contributed by atoms with Crippen molar-refractivity contribution in [3.05, 3.63) is 23.3 Å². The van der Waals surface area contributed by atoms with Gasteiger partial charge in [-0.2, -0.15) is 0 Å². The standard InChI is InChI=1S/C8H10O4S2/c1-5-3-6(2)8(14(11)12)4-7(5)13(9)10/h3-4H,1-2H3,(H,9,10)(H,11,12). The first kappa shape index (κ1) is 11.5. The number of hydrogen-bond donors (Lipinski definition) is 2. The third-order valence-corrected chi connectivity index (χ3v) is 3.48. The topological polar surface area (TPSA) is 74.6 Å². The van der Waals surface area contributed by atoms with Crippen LogP contribution in [0.4, 0.5) is 0 Å². The Morgan fingerprint density at radius 3 is 1.57 bits per heavy atom. The molecule has 0 bridgehead atoms. The van der Waals surface area contributed by atoms with E-state index >= 15 is 0 Å². The van der Waals surface area contributed by atoms with Gasteiger partial charge in [0.15, 0.2) is 22.2 Å². The van der Waals surface area contributed by atoms with Crippen molar-refractivity contribution < 1.29 is 17.5 Å². The molecule has 2 unspecified atom stereocenters. The monoisotopic (exact) mass is 234 g/mol. The van der Waals surface area contributed by atoms with Gasteiger partial charge in [-0.1, -0.05) is 6.07 Å². The summed E-state index contributed by atoms with van der Waals surface area (Å²) in [6.07, 6.45) is 0. The molecule has 78 valence electrons. The fourth-order valence-corrected chi connectivity index (χ4v) is 2.37. The summed E-state index contributed by atoms with van der Waals surface area (Å²) < 4.78 is 39.5. The molecule has 1 rings (SSSR count). The van der Waals surface area contributed by atoms with Gasteiger partial charge in [0.25, 0.3) is 0 Å². The van der Waals surface area contributed by atoms with Crippen LogP contribution in [-0.2, 0) is 22.2 Å². The van der Waals surface area contributed by atoms with Gasteiger partial charge < -0.3 is 9.11 Å². The summed E-state index contributed by atoms with van der Waals surface area (Å²) in [4.78, 5) is 0.348. The molecular weight excluding hydrogens is 224 g/mol. The van der Waals surface area contributed by atoms with Gasteiger partial charge in [-0.25, -0.2) is 8.42 Å². The Bertz CT molecular complexity index is 379. The van der Waals surface area contributed by atoms with Crippen LogP contribution < -0.4 is 0 Å². The first-order chi connectivity index (χ1) is 6.43. The molecule has 0 saturated carbocycles. The highest BCUT2D eigenvalue weighted by atomic mass is 32.2. The Kier molecular flexibility index (Phi) is 3.54. The van der Waals surface area contributed by atoms with Gasteiger partial charge in [0.2, 0.25) is 0 Å². The van der Waals surface area contributed by atoms with Crippen LogP contribution in [0.2, 0.25) is 0 Å². The van der Waals surface area contributed by atoms with Gasteiger partial charge in [0, 0.05) is 0 Å². The lowest BCUT2D eigenvalue weighted by molar-refractivity contribution is 0.561. The zero-order chi connectivity index (χ0) is 10.9. The third-order valence-electron chi connectivity index (χ3n) is 1.85. The second-order valence-corrected chi connectivity index (χ2v) is 4.76. The van der Waals surface area contributed by atoms with Crippen molar-refractivity contribution in [1.82, 2.24) is 0 Å². The highest BCUT2D eigenvalue weighted by molar-refractivity contribution is 7.80. The molecule has 0 amide bonds. The van der Waals surface area contributed by atoms with E-state index in [1.807, 2.05) is 0 Å². The minimum atomic E-state index is -2.12. The summed E-state index contributed by atoms with van der Waals surface area (Å²) in [6.45, 7) is 3.36. The summed E-state index contributed by atoms with van der Waals surface area (Å²) in [5.41, 5.74) is 1.27. The molecule has 1 aromatic rings. The summed E-state index contributed by atoms with van der Waals surface area (Å²) in [5, 5.41) is 0. The van der Waals surface area contributed by atoms with E-state index < -0.39 is 22.2 Å². The number of rotatable bonds is 2. The number of hydrogen-bond acceptors (Lipinski definition) is 2. The SMILES string of the molecule is Cc1cc(C)c(S(=O)O)cc1S(=O)O. The Morgan fingerprint density at radius 2 is 1.29 bits per heavy atom. The van der Waals surface area contributed by atoms with E-state index in [2.05, 4.69) is 0 Å². The van der Waals surface area contributed by atoms with Crippen LogP contribution in [0.25, 0.3) is 0 Å². The molecule has 2 N–H and O–H groups in total. The molecule has 0 spiro atoms. The molecule has 14 heavy (non-hydrogen) atoms. The van der Waals surface area contributed by atoms with Gasteiger partial charge in [0.1, 0.15) is 0 Å². The summed E-state index contributed by atoms with van der Waals surface area (Å²) in [6, 6.07) is 2.91. The second-order valence-electron chi connectivity index (χ2n) is 2.88. The van der Waals surface area contributed by atoms with E-state index in [1.54, 1.807) is 19.9 Å². The van der Waals surface area contributed by atoms with E-state index in [0.29, 0.717) is 11.1 Å². The lowest BCUT2D eigenvalue weighted by atomic mass is 10.2. The van der Waals surface area contributed by atoms with E-state index in [9.17, 15) is 8.42 Å². The van der Waals surface area contributed by atoms with Crippen LogP contribution in [-0.4, -0.2) is 17.5 Å². The fraction of sp³-hybridized carbons (Fsp3) is 0.250. The number of aryl methyl sites for hydroxylation is 2. The molecule has 4 nitrogen and oxygen atoms in total. The highest BCUT2D eigenvalue weighted by Gasteiger charge is 2.11. The largest absolute Gasteiger partial charge is 0.302 e. The minimum absolute atomic E-state index is 0.174. The zero-order valence-electron chi connectivity index (χ0n) is 7.68. The summed E-state index contributed by atoms with van der Waals surface area (Å²) in [5.74, 6) is 0. The van der Waals surface area contributed by atoms with E-state index in [0.717, 1.165) is 0 Å². The Labute approximate surface area is 86.9 Å². The van der Waals surface area contributed by atoms with Crippen LogP contribution in [0, 0.1) is 13.8 Å². The average Bonchev–Trinajstić information content (AvgIpc) is 2.02. The van der Waals surface area contributed by atoms with Crippen molar-refractivity contribution in [3.8, 4) is 0 Å². The van der Waals surface area contributed by atoms with Crippen LogP contribution in [0.1, 0.15) is 11.1 Å². The Hall–Kier alpha value is -0.560. The molecule has 0 aliphatic rings. The molecule has 0 aliphatic heterocycles. The van der Waals surface area contributed by atoms with Crippen molar-refractivity contribution in [2.45, 2.75) is 23.6 Å². The van der Waals surface area contributed by atoms with Crippen LogP contribution in [0.5, 0.6) is 0 Å². The van der Waals surface area contributed by atoms with Crippen LogP contribution in [0.15, 0.2) is 21.9 Å². The predicted molar refractivity (Wildman–Crippen MR) is 54.0 cm³/mol. The van der Waals surface area contributed by atoms with Crippen LogP contribution in [0.3, 0.4) is 0 Å². The molecule has 0 heterocycles. The van der Waals surface area contributed by atoms with Crippen molar-refractivity contribution in [2.24, 2.45) is 0 Å². The van der Waals surface area contributed by atoms with Gasteiger partial charge in [0.05, 0.1) is 9.79 Å². The smallest absolute Gasteiger partial charge is 0.186 e. The van der Waals surface area contributed by atoms with Gasteiger partial charge in [-0.15, -0.1) is 0 Å². The van der Waals surface area contributed by atoms with Crippen molar-refractivity contribution in [2.75, 3.05) is 0 Å². The third kappa shape index (κ3) is 2.27. The average molecular weight is 234 g/mol. The van der Waals surface area contributed by atoms with E-state index in [-0.39, 0.29) is 9.79 Å². The molecule has 2 atom stereocenters. The van der Waals surface area contributed by atoms with Crippen molar-refractivity contribution >= 4 is 22.2 Å². The highest BCUT2D eigenvalue weighted by Crippen LogP contribution is 2.20. The molecule has 1 aromatic carbocycles. The maximum absolute atomic E-state index is 10.8. The van der Waals surface area contributed by atoms with Gasteiger partial charge >= 0.3 is 0 Å². The molecule has 0 saturated heterocycles. The quantitative estimate of drug-likeness (QED) is 0.760. The molecule has 6 heteroatoms. The lowest BCUT2D eigenvalue weighted by Gasteiger charge is -2.06. The maximum Gasteiger partial charge on any atom is 0.186 e. The molecular formula is C8H10O4S2. The second kappa shape index (κ2) is 4.31. The first-order valence-corrected chi connectivity index (χ1v) is 5.97. The predicted octanol–water partition coefficient (Wildman–Crippen LogP) is 1.46. The Morgan fingerprint density at radius 1 is 0.929 bits per heavy atom. The van der Waals surface area contributed by atoms with Gasteiger partial charge in [-0.05, 0) is 31.0 Å². The summed E-state index contributed by atoms with van der Waals surface area (Å²) in [7, 11) is 0. The van der Waals surface area contributed by atoms with Crippen LogP contribution >= 0.6 is 0 Å². The van der Waals surface area contributed by atoms with E-state index in [1.165, 1.54) is 6.07 Å². The molecule has 0 aliphatic carbocycles. The molecule has 0 fully saturated rings. The van der Waals surface area contributed by atoms with Crippen molar-refractivity contribution in [1.29, 1.82) is 0 Å². The molecule has 0 aromatic heterocycles. The van der Waals surface area contributed by atoms with Gasteiger partial charge in [-0.3, -0.25) is 0 Å². The minimum Gasteiger partial charge on any atom is -0.302 e. The fourth-order valence-electron chi connectivity index (χ4n) is 1.19. The zero-order valence-corrected chi connectivity index (χ0v) is 9.32. The Balaban J connectivity index is 3.42. The lowest BCUT2D eigenvalue weighted by Crippen LogP contribution is -1.99. The number of benzene rings is 1. The summed E-state index contributed by atoms with van der Waals surface area (Å²) >= 11 is -4.24. The van der Waals surface area contributed by atoms with E-state index in [4.69, 9.17) is 9.11 Å². The van der Waals surface area contributed by atoms with Crippen molar-refractivity contribution in [3.63, 3.8) is 0 Å². The first-order valence-electron chi connectivity index (χ1n) is 3.76. The molecule has 0 radical (unpaired) electrons. The maximum atomic E-state index is 10.8. The normalized spacial score (nSPS) is 15.1.